The summed E-state index contributed by atoms with van der Waals surface area (Å²) in [6.07, 6.45) is 1.40. The summed E-state index contributed by atoms with van der Waals surface area (Å²) in [4.78, 5) is 36.4. The van der Waals surface area contributed by atoms with Gasteiger partial charge in [0.05, 0.1) is 11.9 Å². The normalized spacial score (nSPS) is 11.3. The molecule has 0 spiro atoms. The number of ether oxygens (including phenoxy) is 1. The van der Waals surface area contributed by atoms with E-state index in [1.54, 1.807) is 24.3 Å². The third kappa shape index (κ3) is 5.26. The van der Waals surface area contributed by atoms with E-state index >= 15 is 0 Å². The first-order valence-electron chi connectivity index (χ1n) is 8.74. The second kappa shape index (κ2) is 8.16. The smallest absolute Gasteiger partial charge is 0.342 e. The Morgan fingerprint density at radius 2 is 1.78 bits per heavy atom. The molecule has 2 rings (SSSR count). The van der Waals surface area contributed by atoms with E-state index in [4.69, 9.17) is 4.74 Å². The third-order valence-electron chi connectivity index (χ3n) is 3.95. The van der Waals surface area contributed by atoms with Crippen LogP contribution in [-0.2, 0) is 9.53 Å². The SMILES string of the molecule is CC(C)c1[nH]ncc1C(=O)OCC(=O)c1ccc(NC(=O)C(C)(C)C)cc1. The van der Waals surface area contributed by atoms with E-state index in [1.165, 1.54) is 6.20 Å². The largest absolute Gasteiger partial charge is 0.454 e. The van der Waals surface area contributed by atoms with Crippen molar-refractivity contribution in [1.82, 2.24) is 10.2 Å². The summed E-state index contributed by atoms with van der Waals surface area (Å²) in [5.74, 6) is -0.945. The number of hydrogen-bond acceptors (Lipinski definition) is 5. The Kier molecular flexibility index (Phi) is 6.15. The summed E-state index contributed by atoms with van der Waals surface area (Å²) in [5.41, 5.74) is 1.49. The van der Waals surface area contributed by atoms with Crippen molar-refractivity contribution in [3.8, 4) is 0 Å². The molecule has 0 aliphatic rings. The standard InChI is InChI=1S/C20H25N3O4/c1-12(2)17-15(10-21-23-17)18(25)27-11-16(24)13-6-8-14(9-7-13)22-19(26)20(3,4)5/h6-10,12H,11H2,1-5H3,(H,21,23)(H,22,26). The Morgan fingerprint density at radius 3 is 2.33 bits per heavy atom. The molecule has 0 saturated carbocycles. The van der Waals surface area contributed by atoms with Crippen LogP contribution in [0.25, 0.3) is 0 Å². The van der Waals surface area contributed by atoms with Crippen LogP contribution in [0.1, 0.15) is 66.9 Å². The van der Waals surface area contributed by atoms with Crippen LogP contribution in [0.3, 0.4) is 0 Å². The maximum atomic E-state index is 12.2. The van der Waals surface area contributed by atoms with Gasteiger partial charge in [-0.05, 0) is 30.2 Å². The molecule has 0 aliphatic carbocycles. The Labute approximate surface area is 158 Å². The van der Waals surface area contributed by atoms with Crippen LogP contribution in [0, 0.1) is 5.41 Å². The van der Waals surface area contributed by atoms with E-state index in [-0.39, 0.29) is 24.2 Å². The van der Waals surface area contributed by atoms with Gasteiger partial charge in [-0.15, -0.1) is 0 Å². The summed E-state index contributed by atoms with van der Waals surface area (Å²) in [6, 6.07) is 6.47. The first kappa shape index (κ1) is 20.4. The number of Topliss-reactive ketones (excluding diaryl/α,β-unsaturated/α-hetero) is 1. The summed E-state index contributed by atoms with van der Waals surface area (Å²) in [5, 5.41) is 9.41. The lowest BCUT2D eigenvalue weighted by Crippen LogP contribution is -2.27. The van der Waals surface area contributed by atoms with Gasteiger partial charge >= 0.3 is 5.97 Å². The third-order valence-corrected chi connectivity index (χ3v) is 3.95. The molecule has 0 radical (unpaired) electrons. The lowest BCUT2D eigenvalue weighted by atomic mass is 9.95. The Bertz CT molecular complexity index is 830. The number of rotatable bonds is 6. The van der Waals surface area contributed by atoms with Crippen LogP contribution < -0.4 is 5.32 Å². The Hall–Kier alpha value is -2.96. The van der Waals surface area contributed by atoms with E-state index in [0.717, 1.165) is 0 Å². The number of ketones is 1. The highest BCUT2D eigenvalue weighted by Gasteiger charge is 2.21. The second-order valence-corrected chi connectivity index (χ2v) is 7.63. The van der Waals surface area contributed by atoms with Gasteiger partial charge in [-0.1, -0.05) is 34.6 Å². The van der Waals surface area contributed by atoms with Gasteiger partial charge < -0.3 is 10.1 Å². The van der Waals surface area contributed by atoms with Crippen molar-refractivity contribution in [2.45, 2.75) is 40.5 Å². The van der Waals surface area contributed by atoms with Crippen LogP contribution in [0.15, 0.2) is 30.5 Å². The van der Waals surface area contributed by atoms with Crippen molar-refractivity contribution in [3.05, 3.63) is 47.3 Å². The van der Waals surface area contributed by atoms with Crippen molar-refractivity contribution in [1.29, 1.82) is 0 Å². The zero-order chi connectivity index (χ0) is 20.2. The van der Waals surface area contributed by atoms with E-state index in [1.807, 2.05) is 34.6 Å². The first-order chi connectivity index (χ1) is 12.6. The fraction of sp³-hybridized carbons (Fsp3) is 0.400. The molecule has 144 valence electrons. The molecule has 27 heavy (non-hydrogen) atoms. The quantitative estimate of drug-likeness (QED) is 0.597. The summed E-state index contributed by atoms with van der Waals surface area (Å²) in [6.45, 7) is 8.94. The molecule has 2 N–H and O–H groups in total. The number of aromatic nitrogens is 2. The Morgan fingerprint density at radius 1 is 1.15 bits per heavy atom. The maximum absolute atomic E-state index is 12.2. The lowest BCUT2D eigenvalue weighted by Gasteiger charge is -2.17. The summed E-state index contributed by atoms with van der Waals surface area (Å²) in [7, 11) is 0. The van der Waals surface area contributed by atoms with Gasteiger partial charge in [0, 0.05) is 16.7 Å². The van der Waals surface area contributed by atoms with Crippen LogP contribution in [0.2, 0.25) is 0 Å². The minimum absolute atomic E-state index is 0.0848. The molecule has 0 unspecified atom stereocenters. The van der Waals surface area contributed by atoms with Gasteiger partial charge in [-0.3, -0.25) is 14.7 Å². The summed E-state index contributed by atoms with van der Waals surface area (Å²) < 4.78 is 5.11. The van der Waals surface area contributed by atoms with Crippen LogP contribution in [-0.4, -0.2) is 34.5 Å². The van der Waals surface area contributed by atoms with Gasteiger partial charge in [0.1, 0.15) is 5.56 Å². The molecule has 2 aromatic rings. The molecule has 0 bridgehead atoms. The van der Waals surface area contributed by atoms with Crippen LogP contribution >= 0.6 is 0 Å². The second-order valence-electron chi connectivity index (χ2n) is 7.63. The predicted octanol–water partition coefficient (Wildman–Crippen LogP) is 3.56. The van der Waals surface area contributed by atoms with Gasteiger partial charge in [0.2, 0.25) is 5.91 Å². The Balaban J connectivity index is 1.95. The highest BCUT2D eigenvalue weighted by atomic mass is 16.5. The van der Waals surface area contributed by atoms with Crippen molar-refractivity contribution < 1.29 is 19.1 Å². The zero-order valence-corrected chi connectivity index (χ0v) is 16.3. The molecule has 7 nitrogen and oxygen atoms in total. The van der Waals surface area contributed by atoms with E-state index in [9.17, 15) is 14.4 Å². The number of hydrogen-bond donors (Lipinski definition) is 2. The molecule has 0 saturated heterocycles. The van der Waals surface area contributed by atoms with Gasteiger partial charge in [-0.2, -0.15) is 5.10 Å². The average molecular weight is 371 g/mol. The number of anilines is 1. The number of carbonyl (C=O) groups is 3. The minimum atomic E-state index is -0.588. The van der Waals surface area contributed by atoms with Crippen molar-refractivity contribution in [2.75, 3.05) is 11.9 Å². The lowest BCUT2D eigenvalue weighted by molar-refractivity contribution is -0.123. The highest BCUT2D eigenvalue weighted by molar-refractivity contribution is 6.00. The van der Waals surface area contributed by atoms with Crippen LogP contribution in [0.4, 0.5) is 5.69 Å². The summed E-state index contributed by atoms with van der Waals surface area (Å²) >= 11 is 0. The van der Waals surface area contributed by atoms with Crippen molar-refractivity contribution in [3.63, 3.8) is 0 Å². The highest BCUT2D eigenvalue weighted by Crippen LogP contribution is 2.19. The molecule has 0 atom stereocenters. The minimum Gasteiger partial charge on any atom is -0.454 e. The van der Waals surface area contributed by atoms with Crippen LogP contribution in [0.5, 0.6) is 0 Å². The molecule has 7 heteroatoms. The molecule has 1 heterocycles. The van der Waals surface area contributed by atoms with E-state index < -0.39 is 11.4 Å². The first-order valence-corrected chi connectivity index (χ1v) is 8.74. The number of amides is 1. The molecule has 0 fully saturated rings. The monoisotopic (exact) mass is 371 g/mol. The number of nitrogens with zero attached hydrogens (tertiary/aromatic N) is 1. The zero-order valence-electron chi connectivity index (χ0n) is 16.3. The van der Waals surface area contributed by atoms with E-state index in [2.05, 4.69) is 15.5 Å². The number of benzene rings is 1. The van der Waals surface area contributed by atoms with Crippen molar-refractivity contribution >= 4 is 23.3 Å². The predicted molar refractivity (Wildman–Crippen MR) is 102 cm³/mol. The number of esters is 1. The number of carbonyl (C=O) groups excluding carboxylic acids is 3. The van der Waals surface area contributed by atoms with Gasteiger partial charge in [0.25, 0.3) is 0 Å². The number of nitrogens with one attached hydrogen (secondary N) is 2. The topological polar surface area (TPSA) is 101 Å². The van der Waals surface area contributed by atoms with Gasteiger partial charge in [0.15, 0.2) is 12.4 Å². The van der Waals surface area contributed by atoms with Crippen molar-refractivity contribution in [2.24, 2.45) is 5.41 Å². The molecule has 1 amide bonds. The fourth-order valence-corrected chi connectivity index (χ4v) is 2.25. The molecule has 0 aliphatic heterocycles. The van der Waals surface area contributed by atoms with Gasteiger partial charge in [-0.25, -0.2) is 4.79 Å². The van der Waals surface area contributed by atoms with E-state index in [0.29, 0.717) is 22.5 Å². The fourth-order valence-electron chi connectivity index (χ4n) is 2.25. The molecular weight excluding hydrogens is 346 g/mol. The molecule has 1 aromatic carbocycles. The number of aromatic amines is 1. The molecular formula is C20H25N3O4. The number of H-pyrrole nitrogens is 1. The average Bonchev–Trinajstić information content (AvgIpc) is 3.09. The molecule has 1 aromatic heterocycles. The maximum Gasteiger partial charge on any atom is 0.342 e.